The first-order valence-corrected chi connectivity index (χ1v) is 5.70. The van der Waals surface area contributed by atoms with Gasteiger partial charge in [-0.15, -0.1) is 0 Å². The Bertz CT molecular complexity index is 466. The van der Waals surface area contributed by atoms with E-state index in [2.05, 4.69) is 15.3 Å². The SMILES string of the molecule is Cc1cc(F)ccc1CCNCc1ncc[nH]1. The molecular formula is C13H16FN3. The third-order valence-electron chi connectivity index (χ3n) is 2.72. The Kier molecular flexibility index (Phi) is 3.88. The van der Waals surface area contributed by atoms with Crippen LogP contribution in [0.5, 0.6) is 0 Å². The number of aromatic amines is 1. The van der Waals surface area contributed by atoms with Crippen molar-refractivity contribution >= 4 is 0 Å². The van der Waals surface area contributed by atoms with Crippen LogP contribution in [0.3, 0.4) is 0 Å². The Morgan fingerprint density at radius 2 is 2.29 bits per heavy atom. The fraction of sp³-hybridized carbons (Fsp3) is 0.308. The number of imidazole rings is 1. The minimum Gasteiger partial charge on any atom is -0.348 e. The molecule has 1 aromatic carbocycles. The molecule has 17 heavy (non-hydrogen) atoms. The topological polar surface area (TPSA) is 40.7 Å². The van der Waals surface area contributed by atoms with E-state index in [1.165, 1.54) is 11.6 Å². The Hall–Kier alpha value is -1.68. The van der Waals surface area contributed by atoms with Gasteiger partial charge < -0.3 is 10.3 Å². The molecule has 0 aliphatic heterocycles. The van der Waals surface area contributed by atoms with Crippen LogP contribution in [0.25, 0.3) is 0 Å². The van der Waals surface area contributed by atoms with Gasteiger partial charge in [-0.25, -0.2) is 9.37 Å². The second-order valence-corrected chi connectivity index (χ2v) is 4.03. The van der Waals surface area contributed by atoms with E-state index < -0.39 is 0 Å². The summed E-state index contributed by atoms with van der Waals surface area (Å²) in [6.45, 7) is 3.52. The van der Waals surface area contributed by atoms with Gasteiger partial charge in [0.2, 0.25) is 0 Å². The summed E-state index contributed by atoms with van der Waals surface area (Å²) in [5.41, 5.74) is 2.18. The Labute approximate surface area is 100 Å². The third-order valence-corrected chi connectivity index (χ3v) is 2.72. The summed E-state index contributed by atoms with van der Waals surface area (Å²) in [4.78, 5) is 7.15. The molecule has 0 atom stereocenters. The molecule has 2 aromatic rings. The van der Waals surface area contributed by atoms with Crippen molar-refractivity contribution in [3.63, 3.8) is 0 Å². The molecule has 2 rings (SSSR count). The number of aromatic nitrogens is 2. The maximum absolute atomic E-state index is 12.9. The first-order valence-electron chi connectivity index (χ1n) is 5.70. The summed E-state index contributed by atoms with van der Waals surface area (Å²) in [5, 5.41) is 3.29. The van der Waals surface area contributed by atoms with Gasteiger partial charge in [0.1, 0.15) is 11.6 Å². The summed E-state index contributed by atoms with van der Waals surface area (Å²) in [6, 6.07) is 4.93. The van der Waals surface area contributed by atoms with E-state index in [4.69, 9.17) is 0 Å². The minimum absolute atomic E-state index is 0.171. The lowest BCUT2D eigenvalue weighted by molar-refractivity contribution is 0.623. The number of H-pyrrole nitrogens is 1. The van der Waals surface area contributed by atoms with E-state index in [0.29, 0.717) is 0 Å². The van der Waals surface area contributed by atoms with Gasteiger partial charge in [-0.05, 0) is 43.1 Å². The van der Waals surface area contributed by atoms with Crippen molar-refractivity contribution in [2.45, 2.75) is 19.9 Å². The molecule has 0 aliphatic rings. The highest BCUT2D eigenvalue weighted by atomic mass is 19.1. The molecule has 0 radical (unpaired) electrons. The van der Waals surface area contributed by atoms with E-state index in [9.17, 15) is 4.39 Å². The molecule has 90 valence electrons. The number of hydrogen-bond acceptors (Lipinski definition) is 2. The highest BCUT2D eigenvalue weighted by molar-refractivity contribution is 5.26. The summed E-state index contributed by atoms with van der Waals surface area (Å²) in [6.07, 6.45) is 4.44. The molecule has 0 bridgehead atoms. The highest BCUT2D eigenvalue weighted by Crippen LogP contribution is 2.10. The second kappa shape index (κ2) is 5.59. The standard InChI is InChI=1S/C13H16FN3/c1-10-8-12(14)3-2-11(10)4-5-15-9-13-16-6-7-17-13/h2-3,6-8,15H,4-5,9H2,1H3,(H,16,17). The van der Waals surface area contributed by atoms with Crippen LogP contribution in [0, 0.1) is 12.7 Å². The average molecular weight is 233 g/mol. The quantitative estimate of drug-likeness (QED) is 0.777. The Morgan fingerprint density at radius 1 is 1.41 bits per heavy atom. The van der Waals surface area contributed by atoms with Crippen molar-refractivity contribution in [1.82, 2.24) is 15.3 Å². The third kappa shape index (κ3) is 3.39. The summed E-state index contributed by atoms with van der Waals surface area (Å²) in [5.74, 6) is 0.760. The Balaban J connectivity index is 1.78. The molecule has 0 saturated carbocycles. The maximum atomic E-state index is 12.9. The Morgan fingerprint density at radius 3 is 3.00 bits per heavy atom. The van der Waals surface area contributed by atoms with Crippen LogP contribution in [0.2, 0.25) is 0 Å². The van der Waals surface area contributed by atoms with Gasteiger partial charge in [0.15, 0.2) is 0 Å². The van der Waals surface area contributed by atoms with E-state index >= 15 is 0 Å². The van der Waals surface area contributed by atoms with Crippen LogP contribution in [0.15, 0.2) is 30.6 Å². The molecule has 3 nitrogen and oxygen atoms in total. The molecule has 0 saturated heterocycles. The molecule has 1 heterocycles. The monoisotopic (exact) mass is 233 g/mol. The van der Waals surface area contributed by atoms with Gasteiger partial charge in [-0.2, -0.15) is 0 Å². The highest BCUT2D eigenvalue weighted by Gasteiger charge is 2.00. The molecular weight excluding hydrogens is 217 g/mol. The van der Waals surface area contributed by atoms with Crippen molar-refractivity contribution in [2.75, 3.05) is 6.54 Å². The molecule has 0 aliphatic carbocycles. The predicted molar refractivity (Wildman–Crippen MR) is 65.1 cm³/mol. The summed E-state index contributed by atoms with van der Waals surface area (Å²) in [7, 11) is 0. The number of nitrogens with zero attached hydrogens (tertiary/aromatic N) is 1. The summed E-state index contributed by atoms with van der Waals surface area (Å²) >= 11 is 0. The first-order chi connectivity index (χ1) is 8.25. The van der Waals surface area contributed by atoms with E-state index in [1.54, 1.807) is 18.5 Å². The minimum atomic E-state index is -0.171. The van der Waals surface area contributed by atoms with Crippen LogP contribution < -0.4 is 5.32 Å². The smallest absolute Gasteiger partial charge is 0.123 e. The van der Waals surface area contributed by atoms with E-state index in [0.717, 1.165) is 30.9 Å². The van der Waals surface area contributed by atoms with Crippen molar-refractivity contribution < 1.29 is 4.39 Å². The number of nitrogens with one attached hydrogen (secondary N) is 2. The lowest BCUT2D eigenvalue weighted by Crippen LogP contribution is -2.17. The van der Waals surface area contributed by atoms with Crippen LogP contribution in [0.4, 0.5) is 4.39 Å². The summed E-state index contributed by atoms with van der Waals surface area (Å²) < 4.78 is 12.9. The van der Waals surface area contributed by atoms with Crippen LogP contribution in [-0.4, -0.2) is 16.5 Å². The molecule has 4 heteroatoms. The zero-order chi connectivity index (χ0) is 12.1. The first kappa shape index (κ1) is 11.8. The molecule has 1 aromatic heterocycles. The zero-order valence-electron chi connectivity index (χ0n) is 9.83. The van der Waals surface area contributed by atoms with Gasteiger partial charge in [-0.1, -0.05) is 6.07 Å². The van der Waals surface area contributed by atoms with E-state index in [1.807, 2.05) is 13.0 Å². The van der Waals surface area contributed by atoms with Crippen LogP contribution in [-0.2, 0) is 13.0 Å². The van der Waals surface area contributed by atoms with Crippen LogP contribution >= 0.6 is 0 Å². The normalized spacial score (nSPS) is 10.7. The van der Waals surface area contributed by atoms with Gasteiger partial charge in [0.25, 0.3) is 0 Å². The number of halogens is 1. The van der Waals surface area contributed by atoms with Crippen molar-refractivity contribution in [2.24, 2.45) is 0 Å². The second-order valence-electron chi connectivity index (χ2n) is 4.03. The molecule has 0 amide bonds. The molecule has 0 spiro atoms. The predicted octanol–water partition coefficient (Wildman–Crippen LogP) is 2.19. The lowest BCUT2D eigenvalue weighted by atomic mass is 10.1. The van der Waals surface area contributed by atoms with Gasteiger partial charge in [0, 0.05) is 12.4 Å². The zero-order valence-corrected chi connectivity index (χ0v) is 9.83. The van der Waals surface area contributed by atoms with Crippen molar-refractivity contribution in [3.8, 4) is 0 Å². The largest absolute Gasteiger partial charge is 0.348 e. The van der Waals surface area contributed by atoms with Crippen molar-refractivity contribution in [3.05, 3.63) is 53.4 Å². The van der Waals surface area contributed by atoms with E-state index in [-0.39, 0.29) is 5.82 Å². The van der Waals surface area contributed by atoms with Gasteiger partial charge in [-0.3, -0.25) is 0 Å². The number of benzene rings is 1. The van der Waals surface area contributed by atoms with Crippen molar-refractivity contribution in [1.29, 1.82) is 0 Å². The molecule has 0 fully saturated rings. The van der Waals surface area contributed by atoms with Gasteiger partial charge >= 0.3 is 0 Å². The fourth-order valence-corrected chi connectivity index (χ4v) is 1.76. The molecule has 0 unspecified atom stereocenters. The average Bonchev–Trinajstić information content (AvgIpc) is 2.79. The number of rotatable bonds is 5. The van der Waals surface area contributed by atoms with Gasteiger partial charge in [0.05, 0.1) is 6.54 Å². The van der Waals surface area contributed by atoms with Crippen LogP contribution in [0.1, 0.15) is 17.0 Å². The fourth-order valence-electron chi connectivity index (χ4n) is 1.76. The molecule has 2 N–H and O–H groups in total. The number of aryl methyl sites for hydroxylation is 1. The number of hydrogen-bond donors (Lipinski definition) is 2. The lowest BCUT2D eigenvalue weighted by Gasteiger charge is -2.06. The maximum Gasteiger partial charge on any atom is 0.123 e.